The summed E-state index contributed by atoms with van der Waals surface area (Å²) < 4.78 is 15.8. The topological polar surface area (TPSA) is 106 Å². The third-order valence-corrected chi connectivity index (χ3v) is 3.93. The fourth-order valence-electron chi connectivity index (χ4n) is 2.68. The van der Waals surface area contributed by atoms with Gasteiger partial charge < -0.3 is 25.7 Å². The van der Waals surface area contributed by atoms with Crippen molar-refractivity contribution in [3.63, 3.8) is 0 Å². The summed E-state index contributed by atoms with van der Waals surface area (Å²) in [5.41, 5.74) is 14.2. The largest absolute Gasteiger partial charge is 0.495 e. The number of nitrogens with zero attached hydrogens (tertiary/aromatic N) is 2. The van der Waals surface area contributed by atoms with E-state index in [1.54, 1.807) is 33.5 Å². The molecular formula is C18H20N4O3. The van der Waals surface area contributed by atoms with Gasteiger partial charge >= 0.3 is 0 Å². The van der Waals surface area contributed by atoms with E-state index in [1.807, 2.05) is 18.2 Å². The Balaban J connectivity index is 2.00. The zero-order valence-electron chi connectivity index (χ0n) is 14.4. The Morgan fingerprint density at radius 3 is 2.24 bits per heavy atom. The van der Waals surface area contributed by atoms with Gasteiger partial charge in [-0.1, -0.05) is 6.07 Å². The van der Waals surface area contributed by atoms with Gasteiger partial charge in [0, 0.05) is 17.9 Å². The molecule has 0 saturated heterocycles. The summed E-state index contributed by atoms with van der Waals surface area (Å²) in [5, 5.41) is 0.703. The number of ether oxygens (including phenoxy) is 3. The minimum absolute atomic E-state index is 0.384. The molecule has 4 N–H and O–H groups in total. The number of nitrogen functional groups attached to an aromatic ring is 2. The summed E-state index contributed by atoms with van der Waals surface area (Å²) in [4.78, 5) is 8.97. The average molecular weight is 340 g/mol. The lowest BCUT2D eigenvalue weighted by atomic mass is 10.1. The van der Waals surface area contributed by atoms with Crippen LogP contribution < -0.4 is 25.7 Å². The molecule has 0 radical (unpaired) electrons. The van der Waals surface area contributed by atoms with Gasteiger partial charge in [-0.2, -0.15) is 0 Å². The van der Waals surface area contributed by atoms with Gasteiger partial charge in [0.25, 0.3) is 0 Å². The minimum Gasteiger partial charge on any atom is -0.495 e. The quantitative estimate of drug-likeness (QED) is 0.687. The zero-order valence-corrected chi connectivity index (χ0v) is 14.4. The van der Waals surface area contributed by atoms with Crippen molar-refractivity contribution in [2.24, 2.45) is 0 Å². The molecule has 7 heteroatoms. The molecule has 2 aromatic carbocycles. The van der Waals surface area contributed by atoms with Gasteiger partial charge in [-0.25, -0.2) is 9.97 Å². The maximum atomic E-state index is 6.08. The first kappa shape index (κ1) is 16.6. The van der Waals surface area contributed by atoms with E-state index < -0.39 is 0 Å². The average Bonchev–Trinajstić information content (AvgIpc) is 2.61. The second-order valence-electron chi connectivity index (χ2n) is 5.50. The highest BCUT2D eigenvalue weighted by atomic mass is 16.5. The molecule has 7 nitrogen and oxygen atoms in total. The van der Waals surface area contributed by atoms with Crippen LogP contribution in [-0.2, 0) is 6.42 Å². The molecule has 0 aliphatic rings. The molecule has 0 amide bonds. The normalized spacial score (nSPS) is 10.7. The van der Waals surface area contributed by atoms with Gasteiger partial charge in [0.15, 0.2) is 11.5 Å². The van der Waals surface area contributed by atoms with Crippen LogP contribution in [0.25, 0.3) is 10.9 Å². The van der Waals surface area contributed by atoms with Crippen LogP contribution in [0, 0.1) is 0 Å². The Morgan fingerprint density at radius 1 is 0.840 bits per heavy atom. The smallest absolute Gasteiger partial charge is 0.161 e. The van der Waals surface area contributed by atoms with Crippen LogP contribution >= 0.6 is 0 Å². The van der Waals surface area contributed by atoms with Gasteiger partial charge in [-0.15, -0.1) is 0 Å². The first-order valence-corrected chi connectivity index (χ1v) is 7.66. The summed E-state index contributed by atoms with van der Waals surface area (Å²) in [5.74, 6) is 2.87. The second-order valence-corrected chi connectivity index (χ2v) is 5.50. The number of hydrogen-bond acceptors (Lipinski definition) is 7. The lowest BCUT2D eigenvalue weighted by molar-refractivity contribution is 0.354. The number of methoxy groups -OCH3 is 3. The third-order valence-electron chi connectivity index (χ3n) is 3.93. The maximum absolute atomic E-state index is 6.08. The first-order valence-electron chi connectivity index (χ1n) is 7.66. The zero-order chi connectivity index (χ0) is 18.0. The van der Waals surface area contributed by atoms with Gasteiger partial charge in [0.2, 0.25) is 0 Å². The predicted octanol–water partition coefficient (Wildman–Crippen LogP) is 2.41. The Bertz CT molecular complexity index is 928. The highest BCUT2D eigenvalue weighted by Gasteiger charge is 2.11. The highest BCUT2D eigenvalue weighted by molar-refractivity contribution is 5.92. The molecule has 0 bridgehead atoms. The van der Waals surface area contributed by atoms with Crippen LogP contribution in [0.5, 0.6) is 17.2 Å². The Hall–Kier alpha value is -3.22. The second kappa shape index (κ2) is 6.72. The first-order chi connectivity index (χ1) is 12.0. The maximum Gasteiger partial charge on any atom is 0.161 e. The van der Waals surface area contributed by atoms with Crippen LogP contribution in [0.4, 0.5) is 11.5 Å². The van der Waals surface area contributed by atoms with Crippen LogP contribution in [0.3, 0.4) is 0 Å². The van der Waals surface area contributed by atoms with Gasteiger partial charge in [-0.3, -0.25) is 0 Å². The summed E-state index contributed by atoms with van der Waals surface area (Å²) in [6.45, 7) is 0. The van der Waals surface area contributed by atoms with Crippen molar-refractivity contribution in [2.45, 2.75) is 6.42 Å². The number of benzene rings is 2. The summed E-state index contributed by atoms with van der Waals surface area (Å²) in [6.07, 6.45) is 0.507. The van der Waals surface area contributed by atoms with Crippen LogP contribution in [0.15, 0.2) is 30.3 Å². The van der Waals surface area contributed by atoms with Gasteiger partial charge in [0.1, 0.15) is 17.4 Å². The van der Waals surface area contributed by atoms with Crippen LogP contribution in [-0.4, -0.2) is 31.3 Å². The van der Waals surface area contributed by atoms with E-state index >= 15 is 0 Å². The standard InChI is InChI=1S/C18H20N4O3/c1-23-14-5-4-10(6-16(14)25-3)7-17-21-13-9-15(24-2)12(19)8-11(13)18(20)22-17/h4-6,8-9H,7,19H2,1-3H3,(H2,20,21,22). The highest BCUT2D eigenvalue weighted by Crippen LogP contribution is 2.31. The molecule has 0 spiro atoms. The van der Waals surface area contributed by atoms with E-state index in [9.17, 15) is 0 Å². The third kappa shape index (κ3) is 3.21. The number of fused-ring (bicyclic) bond motifs is 1. The van der Waals surface area contributed by atoms with Crippen molar-refractivity contribution in [2.75, 3.05) is 32.8 Å². The molecule has 3 aromatic rings. The fraction of sp³-hybridized carbons (Fsp3) is 0.222. The van der Waals surface area contributed by atoms with Crippen molar-refractivity contribution in [3.8, 4) is 17.2 Å². The minimum atomic E-state index is 0.384. The van der Waals surface area contributed by atoms with E-state index in [1.165, 1.54) is 0 Å². The number of aromatic nitrogens is 2. The lowest BCUT2D eigenvalue weighted by Crippen LogP contribution is -2.03. The van der Waals surface area contributed by atoms with Gasteiger partial charge in [-0.05, 0) is 23.8 Å². The molecule has 130 valence electrons. The Kier molecular flexibility index (Phi) is 4.47. The predicted molar refractivity (Wildman–Crippen MR) is 97.3 cm³/mol. The molecule has 25 heavy (non-hydrogen) atoms. The molecule has 0 fully saturated rings. The van der Waals surface area contributed by atoms with E-state index in [4.69, 9.17) is 25.7 Å². The summed E-state index contributed by atoms with van der Waals surface area (Å²) in [6, 6.07) is 9.17. The van der Waals surface area contributed by atoms with E-state index in [0.717, 1.165) is 5.56 Å². The molecule has 0 unspecified atom stereocenters. The van der Waals surface area contributed by atoms with E-state index in [-0.39, 0.29) is 0 Å². The number of rotatable bonds is 5. The van der Waals surface area contributed by atoms with Crippen LogP contribution in [0.2, 0.25) is 0 Å². The monoisotopic (exact) mass is 340 g/mol. The van der Waals surface area contributed by atoms with Crippen molar-refractivity contribution >= 4 is 22.4 Å². The van der Waals surface area contributed by atoms with Gasteiger partial charge in [0.05, 0.1) is 32.5 Å². The van der Waals surface area contributed by atoms with Crippen molar-refractivity contribution in [1.29, 1.82) is 0 Å². The Morgan fingerprint density at radius 2 is 1.56 bits per heavy atom. The van der Waals surface area contributed by atoms with Crippen LogP contribution in [0.1, 0.15) is 11.4 Å². The molecule has 0 atom stereocenters. The SMILES string of the molecule is COc1cc2nc(Cc3ccc(OC)c(OC)c3)nc(N)c2cc1N. The molecule has 0 saturated carbocycles. The molecule has 0 aliphatic carbocycles. The molecular weight excluding hydrogens is 320 g/mol. The van der Waals surface area contributed by atoms with E-state index in [0.29, 0.717) is 51.9 Å². The molecule has 3 rings (SSSR count). The number of anilines is 2. The molecule has 0 aliphatic heterocycles. The van der Waals surface area contributed by atoms with Crippen molar-refractivity contribution in [1.82, 2.24) is 9.97 Å². The Labute approximate surface area is 145 Å². The molecule has 1 aromatic heterocycles. The molecule has 1 heterocycles. The van der Waals surface area contributed by atoms with E-state index in [2.05, 4.69) is 9.97 Å². The van der Waals surface area contributed by atoms with Crippen molar-refractivity contribution < 1.29 is 14.2 Å². The summed E-state index contributed by atoms with van der Waals surface area (Å²) in [7, 11) is 4.76. The lowest BCUT2D eigenvalue weighted by Gasteiger charge is -2.11. The fourth-order valence-corrected chi connectivity index (χ4v) is 2.68. The summed E-state index contributed by atoms with van der Waals surface area (Å²) >= 11 is 0. The number of nitrogens with two attached hydrogens (primary N) is 2. The number of hydrogen-bond donors (Lipinski definition) is 2. The van der Waals surface area contributed by atoms with Crippen molar-refractivity contribution in [3.05, 3.63) is 41.7 Å².